The second kappa shape index (κ2) is 8.28. The van der Waals surface area contributed by atoms with Crippen LogP contribution in [0, 0.1) is 6.92 Å². The molecule has 2 aromatic heterocycles. The third kappa shape index (κ3) is 4.24. The SMILES string of the molecule is CCC(=O)Nc1nccc2c1CN(Cc1cnc(OCC(F)F)c(C)c1)C2=O. The molecular weight excluding hydrogens is 370 g/mol. The van der Waals surface area contributed by atoms with Crippen LogP contribution in [0.25, 0.3) is 0 Å². The molecular formula is C19H20F2N4O3. The smallest absolute Gasteiger partial charge is 0.272 e. The van der Waals surface area contributed by atoms with Gasteiger partial charge in [-0.2, -0.15) is 0 Å². The largest absolute Gasteiger partial charge is 0.471 e. The van der Waals surface area contributed by atoms with E-state index < -0.39 is 13.0 Å². The number of nitrogens with one attached hydrogen (secondary N) is 1. The van der Waals surface area contributed by atoms with E-state index in [1.54, 1.807) is 30.9 Å². The second-order valence-corrected chi connectivity index (χ2v) is 6.42. The highest BCUT2D eigenvalue weighted by atomic mass is 19.3. The van der Waals surface area contributed by atoms with Gasteiger partial charge in [-0.05, 0) is 24.6 Å². The van der Waals surface area contributed by atoms with E-state index in [0.29, 0.717) is 35.5 Å². The minimum atomic E-state index is -2.57. The zero-order valence-electron chi connectivity index (χ0n) is 15.5. The van der Waals surface area contributed by atoms with E-state index in [2.05, 4.69) is 15.3 Å². The molecule has 0 spiro atoms. The van der Waals surface area contributed by atoms with E-state index >= 15 is 0 Å². The predicted molar refractivity (Wildman–Crippen MR) is 97.2 cm³/mol. The van der Waals surface area contributed by atoms with Gasteiger partial charge in [0.15, 0.2) is 6.61 Å². The summed E-state index contributed by atoms with van der Waals surface area (Å²) in [4.78, 5) is 34.2. The van der Waals surface area contributed by atoms with Crippen LogP contribution in [-0.2, 0) is 17.9 Å². The quantitative estimate of drug-likeness (QED) is 0.786. The van der Waals surface area contributed by atoms with Crippen LogP contribution < -0.4 is 10.1 Å². The number of aryl methyl sites for hydroxylation is 1. The lowest BCUT2D eigenvalue weighted by Gasteiger charge is -2.16. The topological polar surface area (TPSA) is 84.4 Å². The highest BCUT2D eigenvalue weighted by Gasteiger charge is 2.30. The average molecular weight is 390 g/mol. The standard InChI is InChI=1S/C19H20F2N4O3/c1-3-16(26)24-17-14-9-25(19(27)13(14)4-5-22-17)8-12-6-11(2)18(23-7-12)28-10-15(20)21/h4-7,15H,3,8-10H2,1-2H3,(H,22,24,26). The predicted octanol–water partition coefficient (Wildman–Crippen LogP) is 2.93. The first-order valence-electron chi connectivity index (χ1n) is 8.82. The van der Waals surface area contributed by atoms with Crippen LogP contribution in [0.15, 0.2) is 24.5 Å². The average Bonchev–Trinajstić information content (AvgIpc) is 2.98. The minimum Gasteiger partial charge on any atom is -0.471 e. The van der Waals surface area contributed by atoms with E-state index in [1.807, 2.05) is 0 Å². The monoisotopic (exact) mass is 390 g/mol. The molecule has 0 saturated carbocycles. The van der Waals surface area contributed by atoms with E-state index in [9.17, 15) is 18.4 Å². The van der Waals surface area contributed by atoms with Gasteiger partial charge in [0.05, 0.1) is 6.54 Å². The number of fused-ring (bicyclic) bond motifs is 1. The summed E-state index contributed by atoms with van der Waals surface area (Å²) in [5, 5.41) is 2.72. The summed E-state index contributed by atoms with van der Waals surface area (Å²) in [5.74, 6) is 0.199. The van der Waals surface area contributed by atoms with Crippen molar-refractivity contribution >= 4 is 17.6 Å². The Balaban J connectivity index is 1.74. The van der Waals surface area contributed by atoms with E-state index in [0.717, 1.165) is 5.56 Å². The van der Waals surface area contributed by atoms with Gasteiger partial charge in [0.25, 0.3) is 12.3 Å². The highest BCUT2D eigenvalue weighted by Crippen LogP contribution is 2.29. The molecule has 0 unspecified atom stereocenters. The first-order chi connectivity index (χ1) is 13.4. The maximum Gasteiger partial charge on any atom is 0.272 e. The van der Waals surface area contributed by atoms with Crippen LogP contribution in [0.2, 0.25) is 0 Å². The van der Waals surface area contributed by atoms with Crippen LogP contribution in [0.4, 0.5) is 14.6 Å². The number of hydrogen-bond acceptors (Lipinski definition) is 5. The van der Waals surface area contributed by atoms with Gasteiger partial charge in [0.2, 0.25) is 11.8 Å². The number of nitrogens with zero attached hydrogens (tertiary/aromatic N) is 3. The Hall–Kier alpha value is -3.10. The van der Waals surface area contributed by atoms with Gasteiger partial charge in [-0.3, -0.25) is 9.59 Å². The normalized spacial score (nSPS) is 13.0. The lowest BCUT2D eigenvalue weighted by atomic mass is 10.1. The number of halogens is 2. The number of amides is 2. The third-order valence-corrected chi connectivity index (χ3v) is 4.31. The molecule has 2 aromatic rings. The van der Waals surface area contributed by atoms with Crippen LogP contribution >= 0.6 is 0 Å². The Morgan fingerprint density at radius 1 is 1.39 bits per heavy atom. The number of hydrogen-bond donors (Lipinski definition) is 1. The van der Waals surface area contributed by atoms with Gasteiger partial charge in [0, 0.05) is 42.0 Å². The molecule has 0 fully saturated rings. The molecule has 0 aliphatic carbocycles. The summed E-state index contributed by atoms with van der Waals surface area (Å²) < 4.78 is 29.5. The molecule has 2 amide bonds. The van der Waals surface area contributed by atoms with Crippen molar-refractivity contribution in [2.75, 3.05) is 11.9 Å². The summed E-state index contributed by atoms with van der Waals surface area (Å²) >= 11 is 0. The van der Waals surface area contributed by atoms with Crippen LogP contribution in [0.3, 0.4) is 0 Å². The Morgan fingerprint density at radius 2 is 2.18 bits per heavy atom. The fraction of sp³-hybridized carbons (Fsp3) is 0.368. The molecule has 1 N–H and O–H groups in total. The molecule has 1 aliphatic rings. The molecule has 0 saturated heterocycles. The van der Waals surface area contributed by atoms with Crippen molar-refractivity contribution in [3.8, 4) is 5.88 Å². The summed E-state index contributed by atoms with van der Waals surface area (Å²) in [7, 11) is 0. The molecule has 0 atom stereocenters. The van der Waals surface area contributed by atoms with Gasteiger partial charge in [-0.1, -0.05) is 6.92 Å². The summed E-state index contributed by atoms with van der Waals surface area (Å²) in [5.41, 5.74) is 2.54. The first-order valence-corrected chi connectivity index (χ1v) is 8.82. The van der Waals surface area contributed by atoms with Crippen molar-refractivity contribution in [2.45, 2.75) is 39.8 Å². The van der Waals surface area contributed by atoms with Crippen molar-refractivity contribution in [3.05, 3.63) is 46.8 Å². The number of rotatable bonds is 7. The molecule has 3 heterocycles. The molecule has 28 heavy (non-hydrogen) atoms. The Kier molecular flexibility index (Phi) is 5.81. The van der Waals surface area contributed by atoms with Gasteiger partial charge in [-0.15, -0.1) is 0 Å². The molecule has 1 aliphatic heterocycles. The van der Waals surface area contributed by atoms with E-state index in [4.69, 9.17) is 4.74 Å². The number of anilines is 1. The first kappa shape index (κ1) is 19.7. The molecule has 0 radical (unpaired) electrons. The van der Waals surface area contributed by atoms with Crippen LogP contribution in [-0.4, -0.2) is 39.7 Å². The zero-order chi connectivity index (χ0) is 20.3. The van der Waals surface area contributed by atoms with Crippen molar-refractivity contribution in [3.63, 3.8) is 0 Å². The zero-order valence-corrected chi connectivity index (χ0v) is 15.5. The van der Waals surface area contributed by atoms with Crippen LogP contribution in [0.5, 0.6) is 5.88 Å². The fourth-order valence-electron chi connectivity index (χ4n) is 2.96. The molecule has 3 rings (SSSR count). The number of pyridine rings is 2. The van der Waals surface area contributed by atoms with Crippen molar-refractivity contribution in [1.29, 1.82) is 0 Å². The van der Waals surface area contributed by atoms with Gasteiger partial charge in [0.1, 0.15) is 5.82 Å². The van der Waals surface area contributed by atoms with Crippen LogP contribution in [0.1, 0.15) is 40.4 Å². The Bertz CT molecular complexity index is 905. The number of carbonyl (C=O) groups excluding carboxylic acids is 2. The Labute approximate surface area is 160 Å². The van der Waals surface area contributed by atoms with Gasteiger partial charge in [-0.25, -0.2) is 18.7 Å². The number of ether oxygens (including phenoxy) is 1. The highest BCUT2D eigenvalue weighted by molar-refractivity contribution is 6.01. The maximum absolute atomic E-state index is 12.7. The summed E-state index contributed by atoms with van der Waals surface area (Å²) in [6.45, 7) is 3.33. The van der Waals surface area contributed by atoms with Crippen molar-refractivity contribution < 1.29 is 23.1 Å². The maximum atomic E-state index is 12.7. The van der Waals surface area contributed by atoms with E-state index in [1.165, 1.54) is 12.4 Å². The van der Waals surface area contributed by atoms with Gasteiger partial charge < -0.3 is 15.0 Å². The molecule has 0 aromatic carbocycles. The van der Waals surface area contributed by atoms with E-state index in [-0.39, 0.29) is 24.2 Å². The number of alkyl halides is 2. The minimum absolute atomic E-state index is 0.147. The van der Waals surface area contributed by atoms with Crippen molar-refractivity contribution in [1.82, 2.24) is 14.9 Å². The number of carbonyl (C=O) groups is 2. The third-order valence-electron chi connectivity index (χ3n) is 4.31. The molecule has 148 valence electrons. The van der Waals surface area contributed by atoms with Gasteiger partial charge >= 0.3 is 0 Å². The molecule has 7 nitrogen and oxygen atoms in total. The lowest BCUT2D eigenvalue weighted by molar-refractivity contribution is -0.115. The number of aromatic nitrogens is 2. The Morgan fingerprint density at radius 3 is 2.86 bits per heavy atom. The summed E-state index contributed by atoms with van der Waals surface area (Å²) in [6.07, 6.45) is 0.736. The fourth-order valence-corrected chi connectivity index (χ4v) is 2.96. The molecule has 0 bridgehead atoms. The molecule has 9 heteroatoms. The second-order valence-electron chi connectivity index (χ2n) is 6.42. The van der Waals surface area contributed by atoms with Crippen molar-refractivity contribution in [2.24, 2.45) is 0 Å². The summed E-state index contributed by atoms with van der Waals surface area (Å²) in [6, 6.07) is 3.38. The lowest BCUT2D eigenvalue weighted by Crippen LogP contribution is -2.23.